The molecule has 0 fully saturated rings. The fraction of sp³-hybridized carbons (Fsp3) is 0.333. The average Bonchev–Trinajstić information content (AvgIpc) is 3.00. The molecule has 1 unspecified atom stereocenters. The van der Waals surface area contributed by atoms with Gasteiger partial charge in [-0.2, -0.15) is 0 Å². The first kappa shape index (κ1) is 16.4. The van der Waals surface area contributed by atoms with Gasteiger partial charge in [0, 0.05) is 24.2 Å². The largest absolute Gasteiger partial charge is 0.335 e. The summed E-state index contributed by atoms with van der Waals surface area (Å²) in [5.74, 6) is 0.349. The number of amides is 1. The number of likely N-dealkylation sites (N-methyl/N-ethyl adjacent to an activating group) is 1. The highest BCUT2D eigenvalue weighted by atomic mass is 32.1. The third-order valence-corrected chi connectivity index (χ3v) is 4.49. The number of thiazole rings is 1. The SMILES string of the molecule is Cc1ccccc1C(C(C)C)N(C)C(=O)C=Cc1cncs1. The van der Waals surface area contributed by atoms with E-state index >= 15 is 0 Å². The van der Waals surface area contributed by atoms with Crippen molar-refractivity contribution in [3.8, 4) is 0 Å². The second-order valence-electron chi connectivity index (χ2n) is 5.73. The van der Waals surface area contributed by atoms with E-state index < -0.39 is 0 Å². The summed E-state index contributed by atoms with van der Waals surface area (Å²) in [6, 6.07) is 8.33. The number of aromatic nitrogens is 1. The van der Waals surface area contributed by atoms with Crippen molar-refractivity contribution in [2.75, 3.05) is 7.05 Å². The Kier molecular flexibility index (Phi) is 5.50. The number of nitrogens with zero attached hydrogens (tertiary/aromatic N) is 2. The zero-order valence-corrected chi connectivity index (χ0v) is 14.3. The summed E-state index contributed by atoms with van der Waals surface area (Å²) in [5, 5.41) is 0. The van der Waals surface area contributed by atoms with Crippen LogP contribution in [0.3, 0.4) is 0 Å². The molecule has 116 valence electrons. The number of hydrogen-bond acceptors (Lipinski definition) is 3. The van der Waals surface area contributed by atoms with Crippen LogP contribution < -0.4 is 0 Å². The lowest BCUT2D eigenvalue weighted by Gasteiger charge is -2.32. The molecule has 1 heterocycles. The Morgan fingerprint density at radius 2 is 2.05 bits per heavy atom. The topological polar surface area (TPSA) is 33.2 Å². The molecule has 0 aliphatic carbocycles. The van der Waals surface area contributed by atoms with Crippen LogP contribution in [0.15, 0.2) is 42.0 Å². The van der Waals surface area contributed by atoms with Gasteiger partial charge in [-0.05, 0) is 30.0 Å². The molecule has 22 heavy (non-hydrogen) atoms. The minimum atomic E-state index is 0.00959. The molecule has 0 saturated heterocycles. The van der Waals surface area contributed by atoms with Crippen LogP contribution in [0, 0.1) is 12.8 Å². The first-order valence-corrected chi connectivity index (χ1v) is 8.27. The van der Waals surface area contributed by atoms with Gasteiger partial charge in [0.15, 0.2) is 0 Å². The van der Waals surface area contributed by atoms with Gasteiger partial charge in [-0.3, -0.25) is 9.78 Å². The van der Waals surface area contributed by atoms with Gasteiger partial charge in [0.05, 0.1) is 11.6 Å². The molecule has 1 aromatic heterocycles. The Balaban J connectivity index is 2.21. The molecular formula is C18H22N2OS. The summed E-state index contributed by atoms with van der Waals surface area (Å²) in [4.78, 5) is 19.3. The van der Waals surface area contributed by atoms with Crippen LogP contribution in [0.1, 0.15) is 35.9 Å². The maximum Gasteiger partial charge on any atom is 0.246 e. The summed E-state index contributed by atoms with van der Waals surface area (Å²) in [6.45, 7) is 6.39. The van der Waals surface area contributed by atoms with E-state index in [2.05, 4.69) is 37.9 Å². The lowest BCUT2D eigenvalue weighted by molar-refractivity contribution is -0.127. The fourth-order valence-electron chi connectivity index (χ4n) is 2.65. The highest BCUT2D eigenvalue weighted by molar-refractivity contribution is 7.10. The molecule has 0 bridgehead atoms. The summed E-state index contributed by atoms with van der Waals surface area (Å²) >= 11 is 1.52. The lowest BCUT2D eigenvalue weighted by atomic mass is 9.91. The first-order chi connectivity index (χ1) is 10.5. The molecule has 0 aliphatic heterocycles. The lowest BCUT2D eigenvalue weighted by Crippen LogP contribution is -2.33. The molecule has 1 amide bonds. The number of carbonyl (C=O) groups excluding carboxylic acids is 1. The van der Waals surface area contributed by atoms with E-state index in [0.717, 1.165) is 4.88 Å². The number of aryl methyl sites for hydroxylation is 1. The molecule has 0 spiro atoms. The molecular weight excluding hydrogens is 292 g/mol. The molecule has 0 N–H and O–H groups in total. The van der Waals surface area contributed by atoms with E-state index in [0.29, 0.717) is 5.92 Å². The highest BCUT2D eigenvalue weighted by Crippen LogP contribution is 2.30. The minimum Gasteiger partial charge on any atom is -0.335 e. The highest BCUT2D eigenvalue weighted by Gasteiger charge is 2.24. The quantitative estimate of drug-likeness (QED) is 0.770. The molecule has 1 aromatic carbocycles. The maximum atomic E-state index is 12.5. The Bertz CT molecular complexity index is 647. The zero-order chi connectivity index (χ0) is 16.1. The van der Waals surface area contributed by atoms with Crippen molar-refractivity contribution in [1.82, 2.24) is 9.88 Å². The van der Waals surface area contributed by atoms with E-state index in [4.69, 9.17) is 0 Å². The standard InChI is InChI=1S/C18H22N2OS/c1-13(2)18(16-8-6-5-7-14(16)3)20(4)17(21)10-9-15-11-19-12-22-15/h5-13,18H,1-4H3. The summed E-state index contributed by atoms with van der Waals surface area (Å²) in [5.41, 5.74) is 4.19. The second kappa shape index (κ2) is 7.36. The van der Waals surface area contributed by atoms with Crippen LogP contribution >= 0.6 is 11.3 Å². The van der Waals surface area contributed by atoms with Gasteiger partial charge < -0.3 is 4.90 Å². The number of benzene rings is 1. The molecule has 1 atom stereocenters. The molecule has 0 aliphatic rings. The van der Waals surface area contributed by atoms with Crippen LogP contribution in [-0.2, 0) is 4.79 Å². The minimum absolute atomic E-state index is 0.00959. The Morgan fingerprint density at radius 3 is 2.64 bits per heavy atom. The third kappa shape index (κ3) is 3.83. The van der Waals surface area contributed by atoms with Crippen molar-refractivity contribution in [3.05, 3.63) is 58.1 Å². The monoisotopic (exact) mass is 314 g/mol. The van der Waals surface area contributed by atoms with Crippen molar-refractivity contribution in [1.29, 1.82) is 0 Å². The molecule has 3 nitrogen and oxygen atoms in total. The van der Waals surface area contributed by atoms with Crippen molar-refractivity contribution < 1.29 is 4.79 Å². The van der Waals surface area contributed by atoms with Crippen molar-refractivity contribution >= 4 is 23.3 Å². The molecule has 0 saturated carbocycles. The van der Waals surface area contributed by atoms with Crippen LogP contribution in [-0.4, -0.2) is 22.8 Å². The van der Waals surface area contributed by atoms with Gasteiger partial charge >= 0.3 is 0 Å². The molecule has 2 rings (SSSR count). The summed E-state index contributed by atoms with van der Waals surface area (Å²) in [6.07, 6.45) is 5.21. The van der Waals surface area contributed by atoms with E-state index in [1.54, 1.807) is 17.8 Å². The Morgan fingerprint density at radius 1 is 1.32 bits per heavy atom. The van der Waals surface area contributed by atoms with Crippen LogP contribution in [0.25, 0.3) is 6.08 Å². The van der Waals surface area contributed by atoms with Gasteiger partial charge in [0.2, 0.25) is 5.91 Å². The summed E-state index contributed by atoms with van der Waals surface area (Å²) in [7, 11) is 1.87. The predicted molar refractivity (Wildman–Crippen MR) is 92.7 cm³/mol. The third-order valence-electron chi connectivity index (χ3n) is 3.75. The second-order valence-corrected chi connectivity index (χ2v) is 6.65. The van der Waals surface area contributed by atoms with Gasteiger partial charge in [-0.15, -0.1) is 11.3 Å². The fourth-order valence-corrected chi connectivity index (χ4v) is 3.16. The van der Waals surface area contributed by atoms with Crippen molar-refractivity contribution in [2.45, 2.75) is 26.8 Å². The molecule has 4 heteroatoms. The smallest absolute Gasteiger partial charge is 0.246 e. The van der Waals surface area contributed by atoms with Gasteiger partial charge in [-0.25, -0.2) is 0 Å². The average molecular weight is 314 g/mol. The van der Waals surface area contributed by atoms with Crippen LogP contribution in [0.2, 0.25) is 0 Å². The number of carbonyl (C=O) groups is 1. The van der Waals surface area contributed by atoms with Gasteiger partial charge in [0.1, 0.15) is 0 Å². The molecule has 2 aromatic rings. The van der Waals surface area contributed by atoms with E-state index in [1.807, 2.05) is 30.2 Å². The number of rotatable bonds is 5. The van der Waals surface area contributed by atoms with Crippen molar-refractivity contribution in [2.24, 2.45) is 5.92 Å². The van der Waals surface area contributed by atoms with Crippen LogP contribution in [0.5, 0.6) is 0 Å². The maximum absolute atomic E-state index is 12.5. The van der Waals surface area contributed by atoms with Crippen LogP contribution in [0.4, 0.5) is 0 Å². The zero-order valence-electron chi connectivity index (χ0n) is 13.5. The van der Waals surface area contributed by atoms with Gasteiger partial charge in [0.25, 0.3) is 0 Å². The summed E-state index contributed by atoms with van der Waals surface area (Å²) < 4.78 is 0. The van der Waals surface area contributed by atoms with Gasteiger partial charge in [-0.1, -0.05) is 38.1 Å². The van der Waals surface area contributed by atoms with Crippen molar-refractivity contribution in [3.63, 3.8) is 0 Å². The normalized spacial score (nSPS) is 12.8. The van der Waals surface area contributed by atoms with E-state index in [1.165, 1.54) is 22.5 Å². The predicted octanol–water partition coefficient (Wildman–Crippen LogP) is 4.32. The Hall–Kier alpha value is -1.94. The Labute approximate surface area is 136 Å². The van der Waals surface area contributed by atoms with E-state index in [-0.39, 0.29) is 11.9 Å². The molecule has 0 radical (unpaired) electrons. The first-order valence-electron chi connectivity index (χ1n) is 7.39. The number of hydrogen-bond donors (Lipinski definition) is 0. The van der Waals surface area contributed by atoms with E-state index in [9.17, 15) is 4.79 Å².